The topological polar surface area (TPSA) is 48.2 Å². The highest BCUT2D eigenvalue weighted by Gasteiger charge is 2.14. The van der Waals surface area contributed by atoms with Gasteiger partial charge in [0, 0.05) is 6.07 Å². The lowest BCUT2D eigenvalue weighted by molar-refractivity contribution is 0.383. The van der Waals surface area contributed by atoms with Gasteiger partial charge in [0.25, 0.3) is 0 Å². The zero-order chi connectivity index (χ0) is 10.8. The molecule has 15 heavy (non-hydrogen) atoms. The Balaban J connectivity index is 2.55. The van der Waals surface area contributed by atoms with Gasteiger partial charge < -0.3 is 9.26 Å². The first-order valence-corrected chi connectivity index (χ1v) is 4.02. The number of benzene rings is 1. The molecule has 2 aromatic rings. The summed E-state index contributed by atoms with van der Waals surface area (Å²) in [4.78, 5) is 3.62. The molecule has 0 atom stereocenters. The molecule has 0 aliphatic heterocycles. The SMILES string of the molecule is COc1cc(F)c(-c2ncon2)cc1F. The Labute approximate surface area is 83.5 Å². The van der Waals surface area contributed by atoms with Crippen LogP contribution < -0.4 is 4.74 Å². The van der Waals surface area contributed by atoms with E-state index in [1.54, 1.807) is 0 Å². The van der Waals surface area contributed by atoms with E-state index in [9.17, 15) is 8.78 Å². The summed E-state index contributed by atoms with van der Waals surface area (Å²) in [5.74, 6) is -1.53. The van der Waals surface area contributed by atoms with Gasteiger partial charge in [-0.1, -0.05) is 5.16 Å². The van der Waals surface area contributed by atoms with Crippen molar-refractivity contribution in [2.45, 2.75) is 0 Å². The predicted octanol–water partition coefficient (Wildman–Crippen LogP) is 2.02. The summed E-state index contributed by atoms with van der Waals surface area (Å²) in [5.41, 5.74) is -0.0675. The molecule has 0 saturated heterocycles. The van der Waals surface area contributed by atoms with Crippen LogP contribution in [0.5, 0.6) is 5.75 Å². The van der Waals surface area contributed by atoms with E-state index < -0.39 is 11.6 Å². The number of aromatic nitrogens is 2. The van der Waals surface area contributed by atoms with Crippen molar-refractivity contribution in [2.75, 3.05) is 7.11 Å². The maximum Gasteiger partial charge on any atom is 0.214 e. The standard InChI is InChI=1S/C9H6F2N2O2/c1-14-8-3-6(10)5(2-7(8)11)9-12-4-15-13-9/h2-4H,1H3. The third-order valence-electron chi connectivity index (χ3n) is 1.84. The van der Waals surface area contributed by atoms with E-state index in [1.165, 1.54) is 7.11 Å². The smallest absolute Gasteiger partial charge is 0.214 e. The molecular weight excluding hydrogens is 206 g/mol. The molecule has 0 aliphatic carbocycles. The highest BCUT2D eigenvalue weighted by Crippen LogP contribution is 2.26. The Morgan fingerprint density at radius 2 is 2.07 bits per heavy atom. The summed E-state index contributed by atoms with van der Waals surface area (Å²) in [6.45, 7) is 0. The average Bonchev–Trinajstić information content (AvgIpc) is 2.74. The summed E-state index contributed by atoms with van der Waals surface area (Å²) >= 11 is 0. The van der Waals surface area contributed by atoms with Crippen LogP contribution in [0.25, 0.3) is 11.4 Å². The Bertz CT molecular complexity index is 471. The zero-order valence-corrected chi connectivity index (χ0v) is 7.70. The fourth-order valence-electron chi connectivity index (χ4n) is 1.15. The average molecular weight is 212 g/mol. The quantitative estimate of drug-likeness (QED) is 0.764. The third-order valence-corrected chi connectivity index (χ3v) is 1.84. The lowest BCUT2D eigenvalue weighted by atomic mass is 10.2. The molecule has 6 heteroatoms. The summed E-state index contributed by atoms with van der Waals surface area (Å²) in [6.07, 6.45) is 1.04. The minimum atomic E-state index is -0.682. The van der Waals surface area contributed by atoms with Gasteiger partial charge in [-0.05, 0) is 6.07 Å². The molecular formula is C9H6F2N2O2. The molecule has 1 heterocycles. The van der Waals surface area contributed by atoms with Crippen LogP contribution in [-0.2, 0) is 0 Å². The molecule has 4 nitrogen and oxygen atoms in total. The van der Waals surface area contributed by atoms with Gasteiger partial charge in [0.2, 0.25) is 12.2 Å². The Morgan fingerprint density at radius 1 is 1.27 bits per heavy atom. The lowest BCUT2D eigenvalue weighted by Gasteiger charge is -2.03. The van der Waals surface area contributed by atoms with Crippen molar-refractivity contribution in [3.8, 4) is 17.1 Å². The van der Waals surface area contributed by atoms with Gasteiger partial charge in [-0.15, -0.1) is 0 Å². The number of rotatable bonds is 2. The van der Waals surface area contributed by atoms with Crippen LogP contribution in [0.1, 0.15) is 0 Å². The largest absolute Gasteiger partial charge is 0.494 e. The highest BCUT2D eigenvalue weighted by molar-refractivity contribution is 5.56. The van der Waals surface area contributed by atoms with Gasteiger partial charge in [-0.2, -0.15) is 4.98 Å². The molecule has 0 unspecified atom stereocenters. The van der Waals surface area contributed by atoms with E-state index in [4.69, 9.17) is 0 Å². The van der Waals surface area contributed by atoms with E-state index in [0.29, 0.717) is 0 Å². The van der Waals surface area contributed by atoms with Crippen molar-refractivity contribution in [3.63, 3.8) is 0 Å². The first-order chi connectivity index (χ1) is 7.22. The third kappa shape index (κ3) is 1.65. The van der Waals surface area contributed by atoms with E-state index in [1.807, 2.05) is 0 Å². The summed E-state index contributed by atoms with van der Waals surface area (Å²) in [5, 5.41) is 3.41. The molecule has 0 amide bonds. The second kappa shape index (κ2) is 3.64. The van der Waals surface area contributed by atoms with E-state index in [0.717, 1.165) is 18.5 Å². The van der Waals surface area contributed by atoms with Crippen molar-refractivity contribution >= 4 is 0 Å². The van der Waals surface area contributed by atoms with Crippen LogP contribution in [0, 0.1) is 11.6 Å². The Morgan fingerprint density at radius 3 is 2.67 bits per heavy atom. The summed E-state index contributed by atoms with van der Waals surface area (Å²) in [7, 11) is 1.26. The monoisotopic (exact) mass is 212 g/mol. The van der Waals surface area contributed by atoms with Gasteiger partial charge in [0.05, 0.1) is 12.7 Å². The van der Waals surface area contributed by atoms with Crippen LogP contribution in [0.4, 0.5) is 8.78 Å². The molecule has 1 aromatic carbocycles. The molecule has 0 aliphatic rings. The van der Waals surface area contributed by atoms with Crippen LogP contribution in [0.3, 0.4) is 0 Å². The summed E-state index contributed by atoms with van der Waals surface area (Å²) in [6, 6.07) is 1.89. The summed E-state index contributed by atoms with van der Waals surface area (Å²) < 4.78 is 35.7. The minimum absolute atomic E-state index is 0.00551. The van der Waals surface area contributed by atoms with Crippen LogP contribution in [0.15, 0.2) is 23.0 Å². The number of nitrogens with zero attached hydrogens (tertiary/aromatic N) is 2. The van der Waals surface area contributed by atoms with Gasteiger partial charge in [0.1, 0.15) is 5.82 Å². The predicted molar refractivity (Wildman–Crippen MR) is 46.2 cm³/mol. The second-order valence-corrected chi connectivity index (χ2v) is 2.72. The number of methoxy groups -OCH3 is 1. The van der Waals surface area contributed by atoms with Gasteiger partial charge in [-0.25, -0.2) is 8.78 Å². The van der Waals surface area contributed by atoms with Gasteiger partial charge >= 0.3 is 0 Å². The van der Waals surface area contributed by atoms with E-state index in [-0.39, 0.29) is 17.1 Å². The van der Waals surface area contributed by atoms with Crippen molar-refractivity contribution in [3.05, 3.63) is 30.2 Å². The maximum absolute atomic E-state index is 13.4. The molecule has 1 aromatic heterocycles. The van der Waals surface area contributed by atoms with Crippen LogP contribution in [-0.4, -0.2) is 17.3 Å². The molecule has 0 radical (unpaired) electrons. The number of hydrogen-bond acceptors (Lipinski definition) is 4. The highest BCUT2D eigenvalue weighted by atomic mass is 19.1. The van der Waals surface area contributed by atoms with Gasteiger partial charge in [-0.3, -0.25) is 0 Å². The van der Waals surface area contributed by atoms with Crippen LogP contribution in [0.2, 0.25) is 0 Å². The first-order valence-electron chi connectivity index (χ1n) is 4.02. The molecule has 0 N–H and O–H groups in total. The van der Waals surface area contributed by atoms with Crippen molar-refractivity contribution in [1.29, 1.82) is 0 Å². The fourth-order valence-corrected chi connectivity index (χ4v) is 1.15. The number of ether oxygens (including phenoxy) is 1. The van der Waals surface area contributed by atoms with Crippen molar-refractivity contribution in [1.82, 2.24) is 10.1 Å². The molecule has 0 fully saturated rings. The van der Waals surface area contributed by atoms with E-state index in [2.05, 4.69) is 19.4 Å². The first kappa shape index (κ1) is 9.57. The number of hydrogen-bond donors (Lipinski definition) is 0. The lowest BCUT2D eigenvalue weighted by Crippen LogP contribution is -1.93. The maximum atomic E-state index is 13.4. The van der Waals surface area contributed by atoms with Crippen molar-refractivity contribution < 1.29 is 18.0 Å². The molecule has 0 bridgehead atoms. The molecule has 78 valence electrons. The molecule has 0 spiro atoms. The van der Waals surface area contributed by atoms with E-state index >= 15 is 0 Å². The number of halogens is 2. The normalized spacial score (nSPS) is 10.3. The Hall–Kier alpha value is -1.98. The van der Waals surface area contributed by atoms with Crippen molar-refractivity contribution in [2.24, 2.45) is 0 Å². The van der Waals surface area contributed by atoms with Crippen LogP contribution >= 0.6 is 0 Å². The molecule has 0 saturated carbocycles. The second-order valence-electron chi connectivity index (χ2n) is 2.72. The molecule has 2 rings (SSSR count). The zero-order valence-electron chi connectivity index (χ0n) is 7.70. The van der Waals surface area contributed by atoms with Gasteiger partial charge in [0.15, 0.2) is 11.6 Å². The Kier molecular flexibility index (Phi) is 2.32. The minimum Gasteiger partial charge on any atom is -0.494 e. The fraction of sp³-hybridized carbons (Fsp3) is 0.111.